The highest BCUT2D eigenvalue weighted by molar-refractivity contribution is 6.30. The highest BCUT2D eigenvalue weighted by Gasteiger charge is 2.24. The van der Waals surface area contributed by atoms with E-state index in [9.17, 15) is 10.1 Å². The lowest BCUT2D eigenvalue weighted by Crippen LogP contribution is -2.33. The van der Waals surface area contributed by atoms with Crippen LogP contribution >= 0.6 is 11.6 Å². The van der Waals surface area contributed by atoms with Gasteiger partial charge in [0.2, 0.25) is 0 Å². The van der Waals surface area contributed by atoms with Crippen LogP contribution in [0.25, 0.3) is 0 Å². The Morgan fingerprint density at radius 2 is 2.00 bits per heavy atom. The quantitative estimate of drug-likeness (QED) is 0.614. The van der Waals surface area contributed by atoms with Gasteiger partial charge in [0.15, 0.2) is 0 Å². The van der Waals surface area contributed by atoms with Gasteiger partial charge >= 0.3 is 0 Å². The van der Waals surface area contributed by atoms with Crippen LogP contribution in [0, 0.1) is 10.1 Å². The van der Waals surface area contributed by atoms with E-state index in [0.29, 0.717) is 16.8 Å². The number of nitrogens with zero attached hydrogens (tertiary/aromatic N) is 2. The SMILES string of the molecule is CN(c1ccc(Cl)cc1[N+](=O)[O-])C1CCCCC1. The van der Waals surface area contributed by atoms with E-state index < -0.39 is 0 Å². The molecule has 0 aromatic heterocycles. The predicted octanol–water partition coefficient (Wildman–Crippen LogP) is 4.02. The zero-order valence-electron chi connectivity index (χ0n) is 10.4. The summed E-state index contributed by atoms with van der Waals surface area (Å²) in [5.41, 5.74) is 0.756. The van der Waals surface area contributed by atoms with Crippen LogP contribution < -0.4 is 4.90 Å². The largest absolute Gasteiger partial charge is 0.366 e. The van der Waals surface area contributed by atoms with Crippen LogP contribution in [0.2, 0.25) is 5.02 Å². The van der Waals surface area contributed by atoms with Gasteiger partial charge in [0, 0.05) is 24.2 Å². The molecular weight excluding hydrogens is 252 g/mol. The summed E-state index contributed by atoms with van der Waals surface area (Å²) in [6.45, 7) is 0. The minimum atomic E-state index is -0.361. The van der Waals surface area contributed by atoms with Crippen LogP contribution in [0.1, 0.15) is 32.1 Å². The molecule has 0 bridgehead atoms. The summed E-state index contributed by atoms with van der Waals surface area (Å²) in [6.07, 6.45) is 5.90. The number of halogens is 1. The molecule has 1 aliphatic rings. The van der Waals surface area contributed by atoms with E-state index >= 15 is 0 Å². The van der Waals surface area contributed by atoms with Crippen LogP contribution in [0.3, 0.4) is 0 Å². The molecule has 1 aromatic rings. The van der Waals surface area contributed by atoms with Crippen molar-refractivity contribution >= 4 is 23.0 Å². The molecule has 2 rings (SSSR count). The van der Waals surface area contributed by atoms with Gasteiger partial charge < -0.3 is 4.90 Å². The molecule has 0 aliphatic heterocycles. The Labute approximate surface area is 112 Å². The topological polar surface area (TPSA) is 46.4 Å². The number of hydrogen-bond donors (Lipinski definition) is 0. The summed E-state index contributed by atoms with van der Waals surface area (Å²) in [7, 11) is 1.94. The summed E-state index contributed by atoms with van der Waals surface area (Å²) < 4.78 is 0. The maximum Gasteiger partial charge on any atom is 0.294 e. The second-order valence-corrected chi connectivity index (χ2v) is 5.23. The lowest BCUT2D eigenvalue weighted by Gasteiger charge is -2.32. The van der Waals surface area contributed by atoms with Crippen molar-refractivity contribution in [3.8, 4) is 0 Å². The van der Waals surface area contributed by atoms with Crippen molar-refractivity contribution in [3.05, 3.63) is 33.3 Å². The molecule has 0 unspecified atom stereocenters. The fourth-order valence-corrected chi connectivity index (χ4v) is 2.77. The molecule has 18 heavy (non-hydrogen) atoms. The first kappa shape index (κ1) is 13.1. The molecule has 98 valence electrons. The van der Waals surface area contributed by atoms with Gasteiger partial charge in [-0.25, -0.2) is 0 Å². The highest BCUT2D eigenvalue weighted by Crippen LogP contribution is 2.34. The van der Waals surface area contributed by atoms with Crippen LogP contribution in [-0.2, 0) is 0 Å². The third kappa shape index (κ3) is 2.75. The summed E-state index contributed by atoms with van der Waals surface area (Å²) in [4.78, 5) is 12.8. The number of rotatable bonds is 3. The van der Waals surface area contributed by atoms with E-state index in [1.807, 2.05) is 11.9 Å². The monoisotopic (exact) mass is 268 g/mol. The van der Waals surface area contributed by atoms with E-state index in [-0.39, 0.29) is 10.6 Å². The third-order valence-corrected chi connectivity index (χ3v) is 3.87. The Morgan fingerprint density at radius 1 is 1.33 bits per heavy atom. The number of nitro benzene ring substituents is 1. The maximum absolute atomic E-state index is 11.1. The van der Waals surface area contributed by atoms with Crippen LogP contribution in [0.15, 0.2) is 18.2 Å². The highest BCUT2D eigenvalue weighted by atomic mass is 35.5. The molecule has 1 aliphatic carbocycles. The number of anilines is 1. The molecule has 4 nitrogen and oxygen atoms in total. The average molecular weight is 269 g/mol. The fourth-order valence-electron chi connectivity index (χ4n) is 2.61. The molecule has 0 amide bonds. The molecular formula is C13H17ClN2O2. The van der Waals surface area contributed by atoms with Crippen molar-refractivity contribution in [2.75, 3.05) is 11.9 Å². The van der Waals surface area contributed by atoms with E-state index in [0.717, 1.165) is 12.8 Å². The van der Waals surface area contributed by atoms with Crippen molar-refractivity contribution in [1.82, 2.24) is 0 Å². The number of hydrogen-bond acceptors (Lipinski definition) is 3. The summed E-state index contributed by atoms with van der Waals surface area (Å²) in [6, 6.07) is 5.28. The molecule has 0 saturated heterocycles. The van der Waals surface area contributed by atoms with Crippen LogP contribution in [-0.4, -0.2) is 18.0 Å². The van der Waals surface area contributed by atoms with Gasteiger partial charge in [-0.3, -0.25) is 10.1 Å². The Balaban J connectivity index is 2.28. The van der Waals surface area contributed by atoms with Crippen molar-refractivity contribution in [3.63, 3.8) is 0 Å². The second-order valence-electron chi connectivity index (χ2n) is 4.79. The Kier molecular flexibility index (Phi) is 4.07. The van der Waals surface area contributed by atoms with Crippen molar-refractivity contribution < 1.29 is 4.92 Å². The van der Waals surface area contributed by atoms with Gasteiger partial charge in [-0.05, 0) is 25.0 Å². The predicted molar refractivity (Wildman–Crippen MR) is 73.4 cm³/mol. The Hall–Kier alpha value is -1.29. The molecule has 0 radical (unpaired) electrons. The van der Waals surface area contributed by atoms with Gasteiger partial charge in [-0.15, -0.1) is 0 Å². The van der Waals surface area contributed by atoms with E-state index in [4.69, 9.17) is 11.6 Å². The first-order valence-electron chi connectivity index (χ1n) is 6.26. The van der Waals surface area contributed by atoms with E-state index in [2.05, 4.69) is 0 Å². The summed E-state index contributed by atoms with van der Waals surface area (Å²) in [5.74, 6) is 0. The molecule has 1 aromatic carbocycles. The zero-order chi connectivity index (χ0) is 13.1. The van der Waals surface area contributed by atoms with Crippen molar-refractivity contribution in [2.45, 2.75) is 38.1 Å². The normalized spacial score (nSPS) is 16.6. The van der Waals surface area contributed by atoms with E-state index in [1.165, 1.54) is 25.3 Å². The minimum Gasteiger partial charge on any atom is -0.366 e. The molecule has 0 atom stereocenters. The molecule has 0 spiro atoms. The maximum atomic E-state index is 11.1. The average Bonchev–Trinajstić information content (AvgIpc) is 2.39. The molecule has 1 saturated carbocycles. The summed E-state index contributed by atoms with van der Waals surface area (Å²) >= 11 is 5.83. The lowest BCUT2D eigenvalue weighted by molar-refractivity contribution is -0.384. The van der Waals surface area contributed by atoms with E-state index in [1.54, 1.807) is 12.1 Å². The van der Waals surface area contributed by atoms with Crippen molar-refractivity contribution in [2.24, 2.45) is 0 Å². The minimum absolute atomic E-state index is 0.0931. The van der Waals surface area contributed by atoms with Crippen LogP contribution in [0.5, 0.6) is 0 Å². The summed E-state index contributed by atoms with van der Waals surface area (Å²) in [5, 5.41) is 11.5. The molecule has 5 heteroatoms. The zero-order valence-corrected chi connectivity index (χ0v) is 11.2. The molecule has 1 fully saturated rings. The van der Waals surface area contributed by atoms with Gasteiger partial charge in [0.05, 0.1) is 4.92 Å². The van der Waals surface area contributed by atoms with Gasteiger partial charge in [0.25, 0.3) is 5.69 Å². The third-order valence-electron chi connectivity index (χ3n) is 3.64. The fraction of sp³-hybridized carbons (Fsp3) is 0.538. The van der Waals surface area contributed by atoms with Crippen LogP contribution in [0.4, 0.5) is 11.4 Å². The second kappa shape index (κ2) is 5.57. The Morgan fingerprint density at radius 3 is 2.61 bits per heavy atom. The van der Waals surface area contributed by atoms with Gasteiger partial charge in [0.1, 0.15) is 5.69 Å². The van der Waals surface area contributed by atoms with Crippen molar-refractivity contribution in [1.29, 1.82) is 0 Å². The first-order chi connectivity index (χ1) is 8.59. The first-order valence-corrected chi connectivity index (χ1v) is 6.64. The molecule has 0 N–H and O–H groups in total. The molecule has 0 heterocycles. The number of benzene rings is 1. The van der Waals surface area contributed by atoms with Gasteiger partial charge in [-0.2, -0.15) is 0 Å². The smallest absolute Gasteiger partial charge is 0.294 e. The number of nitro groups is 1. The Bertz CT molecular complexity index is 445. The lowest BCUT2D eigenvalue weighted by atomic mass is 9.94. The van der Waals surface area contributed by atoms with Gasteiger partial charge in [-0.1, -0.05) is 30.9 Å². The standard InChI is InChI=1S/C13H17ClN2O2/c1-15(11-5-3-2-4-6-11)12-8-7-10(14)9-13(12)16(17)18/h7-9,11H,2-6H2,1H3.